The van der Waals surface area contributed by atoms with Gasteiger partial charge in [0.05, 0.1) is 5.76 Å². The van der Waals surface area contributed by atoms with E-state index in [0.29, 0.717) is 11.7 Å². The minimum atomic E-state index is 0.513. The van der Waals surface area contributed by atoms with Crippen LogP contribution in [0.15, 0.2) is 23.5 Å². The van der Waals surface area contributed by atoms with Gasteiger partial charge in [-0.15, -0.1) is 0 Å². The van der Waals surface area contributed by atoms with Gasteiger partial charge in [0.25, 0.3) is 0 Å². The van der Waals surface area contributed by atoms with Crippen molar-refractivity contribution in [2.45, 2.75) is 33.1 Å². The lowest BCUT2D eigenvalue weighted by atomic mass is 9.85. The molecule has 0 radical (unpaired) electrons. The van der Waals surface area contributed by atoms with E-state index in [1.165, 1.54) is 5.57 Å². The molecule has 0 bridgehead atoms. The monoisotopic (exact) mass is 152 g/mol. The lowest BCUT2D eigenvalue weighted by Crippen LogP contribution is -2.09. The summed E-state index contributed by atoms with van der Waals surface area (Å²) in [5, 5.41) is 9.44. The van der Waals surface area contributed by atoms with E-state index in [0.717, 1.165) is 24.8 Å². The molecule has 1 nitrogen and oxygen atoms in total. The van der Waals surface area contributed by atoms with Gasteiger partial charge in [0.1, 0.15) is 0 Å². The Labute approximate surface area is 68.4 Å². The van der Waals surface area contributed by atoms with Crippen molar-refractivity contribution in [3.05, 3.63) is 23.5 Å². The highest BCUT2D eigenvalue weighted by Crippen LogP contribution is 2.31. The molecule has 11 heavy (non-hydrogen) atoms. The predicted molar refractivity (Wildman–Crippen MR) is 47.5 cm³/mol. The molecule has 0 heterocycles. The van der Waals surface area contributed by atoms with Crippen LogP contribution < -0.4 is 0 Å². The van der Waals surface area contributed by atoms with Gasteiger partial charge in [0.15, 0.2) is 0 Å². The number of hydrogen-bond donors (Lipinski definition) is 1. The second-order valence-electron chi connectivity index (χ2n) is 3.51. The normalized spacial score (nSPS) is 25.5. The molecule has 0 aromatic rings. The van der Waals surface area contributed by atoms with Crippen LogP contribution in [0.25, 0.3) is 0 Å². The van der Waals surface area contributed by atoms with E-state index in [9.17, 15) is 5.11 Å². The molecule has 1 aliphatic carbocycles. The average molecular weight is 152 g/mol. The molecule has 1 rings (SSSR count). The summed E-state index contributed by atoms with van der Waals surface area (Å²) in [5.74, 6) is 1.10. The summed E-state index contributed by atoms with van der Waals surface area (Å²) in [6.45, 7) is 7.95. The topological polar surface area (TPSA) is 20.2 Å². The second kappa shape index (κ2) is 3.12. The van der Waals surface area contributed by atoms with Gasteiger partial charge in [-0.25, -0.2) is 0 Å². The third kappa shape index (κ3) is 1.86. The first kappa shape index (κ1) is 8.38. The zero-order chi connectivity index (χ0) is 8.43. The molecule has 0 fully saturated rings. The van der Waals surface area contributed by atoms with Crippen LogP contribution in [0.4, 0.5) is 0 Å². The number of allylic oxidation sites excluding steroid dienone is 3. The molecule has 0 aliphatic heterocycles. The summed E-state index contributed by atoms with van der Waals surface area (Å²) in [5.41, 5.74) is 2.35. The first-order valence-corrected chi connectivity index (χ1v) is 4.14. The molecule has 0 unspecified atom stereocenters. The summed E-state index contributed by atoms with van der Waals surface area (Å²) in [7, 11) is 0. The molecular formula is C10H16O. The number of hydrogen-bond acceptors (Lipinski definition) is 1. The fraction of sp³-hybridized carbons (Fsp3) is 0.600. The maximum atomic E-state index is 9.44. The summed E-state index contributed by atoms with van der Waals surface area (Å²) >= 11 is 0. The predicted octanol–water partition coefficient (Wildman–Crippen LogP) is 3.19. The Morgan fingerprint density at radius 3 is 2.73 bits per heavy atom. The standard InChI is InChI=1S/C10H16O/c1-7(2)9-5-4-8(3)10(11)6-9/h9,11H,1,4-6H2,2-3H3/t9-/m0/s1. The maximum absolute atomic E-state index is 9.44. The van der Waals surface area contributed by atoms with Crippen molar-refractivity contribution in [1.82, 2.24) is 0 Å². The zero-order valence-corrected chi connectivity index (χ0v) is 7.35. The Balaban J connectivity index is 2.64. The average Bonchev–Trinajstić information content (AvgIpc) is 1.94. The van der Waals surface area contributed by atoms with E-state index in [2.05, 4.69) is 6.58 Å². The minimum absolute atomic E-state index is 0.513. The third-order valence-corrected chi connectivity index (χ3v) is 2.50. The van der Waals surface area contributed by atoms with Crippen molar-refractivity contribution in [2.75, 3.05) is 0 Å². The Kier molecular flexibility index (Phi) is 2.38. The molecular weight excluding hydrogens is 136 g/mol. The molecule has 1 atom stereocenters. The fourth-order valence-electron chi connectivity index (χ4n) is 1.47. The van der Waals surface area contributed by atoms with Crippen LogP contribution in [0.5, 0.6) is 0 Å². The Morgan fingerprint density at radius 1 is 1.64 bits per heavy atom. The van der Waals surface area contributed by atoms with Crippen molar-refractivity contribution in [2.24, 2.45) is 5.92 Å². The van der Waals surface area contributed by atoms with Gasteiger partial charge in [-0.1, -0.05) is 12.2 Å². The van der Waals surface area contributed by atoms with Crippen molar-refractivity contribution in [1.29, 1.82) is 0 Å². The van der Waals surface area contributed by atoms with Gasteiger partial charge in [-0.05, 0) is 38.2 Å². The first-order chi connectivity index (χ1) is 5.11. The van der Waals surface area contributed by atoms with E-state index in [-0.39, 0.29) is 0 Å². The van der Waals surface area contributed by atoms with E-state index in [1.807, 2.05) is 13.8 Å². The van der Waals surface area contributed by atoms with Crippen LogP contribution >= 0.6 is 0 Å². The van der Waals surface area contributed by atoms with Crippen molar-refractivity contribution >= 4 is 0 Å². The van der Waals surface area contributed by atoms with Crippen LogP contribution in [-0.4, -0.2) is 5.11 Å². The molecule has 0 saturated carbocycles. The minimum Gasteiger partial charge on any atom is -0.512 e. The van der Waals surface area contributed by atoms with Crippen LogP contribution in [0.1, 0.15) is 33.1 Å². The van der Waals surface area contributed by atoms with Crippen molar-refractivity contribution in [3.63, 3.8) is 0 Å². The first-order valence-electron chi connectivity index (χ1n) is 4.14. The molecule has 0 spiro atoms. The number of aliphatic hydroxyl groups excluding tert-OH is 1. The molecule has 1 N–H and O–H groups in total. The van der Waals surface area contributed by atoms with Gasteiger partial charge >= 0.3 is 0 Å². The zero-order valence-electron chi connectivity index (χ0n) is 7.35. The van der Waals surface area contributed by atoms with Gasteiger partial charge in [-0.3, -0.25) is 0 Å². The largest absolute Gasteiger partial charge is 0.512 e. The second-order valence-corrected chi connectivity index (χ2v) is 3.51. The molecule has 62 valence electrons. The van der Waals surface area contributed by atoms with E-state index in [4.69, 9.17) is 0 Å². The third-order valence-electron chi connectivity index (χ3n) is 2.50. The summed E-state index contributed by atoms with van der Waals surface area (Å²) in [6.07, 6.45) is 3.00. The summed E-state index contributed by atoms with van der Waals surface area (Å²) in [4.78, 5) is 0. The number of rotatable bonds is 1. The molecule has 0 amide bonds. The highest BCUT2D eigenvalue weighted by molar-refractivity contribution is 5.14. The molecule has 0 saturated heterocycles. The van der Waals surface area contributed by atoms with E-state index in [1.54, 1.807) is 0 Å². The Morgan fingerprint density at radius 2 is 2.27 bits per heavy atom. The maximum Gasteiger partial charge on any atom is 0.0917 e. The summed E-state index contributed by atoms with van der Waals surface area (Å²) in [6, 6.07) is 0. The Bertz CT molecular complexity index is 201. The highest BCUT2D eigenvalue weighted by Gasteiger charge is 2.18. The fourth-order valence-corrected chi connectivity index (χ4v) is 1.47. The van der Waals surface area contributed by atoms with Gasteiger partial charge in [0.2, 0.25) is 0 Å². The molecule has 1 heteroatoms. The van der Waals surface area contributed by atoms with Crippen molar-refractivity contribution in [3.8, 4) is 0 Å². The quantitative estimate of drug-likeness (QED) is 0.572. The highest BCUT2D eigenvalue weighted by atomic mass is 16.3. The van der Waals surface area contributed by atoms with Crippen LogP contribution in [-0.2, 0) is 0 Å². The molecule has 0 aromatic carbocycles. The SMILES string of the molecule is C=C(C)[C@H]1CCC(C)=C(O)C1. The summed E-state index contributed by atoms with van der Waals surface area (Å²) < 4.78 is 0. The smallest absolute Gasteiger partial charge is 0.0917 e. The number of aliphatic hydroxyl groups is 1. The lowest BCUT2D eigenvalue weighted by Gasteiger charge is -2.22. The van der Waals surface area contributed by atoms with E-state index < -0.39 is 0 Å². The van der Waals surface area contributed by atoms with Gasteiger partial charge in [0, 0.05) is 6.42 Å². The Hall–Kier alpha value is -0.720. The molecule has 1 aliphatic rings. The van der Waals surface area contributed by atoms with E-state index >= 15 is 0 Å². The van der Waals surface area contributed by atoms with Crippen LogP contribution in [0.2, 0.25) is 0 Å². The van der Waals surface area contributed by atoms with Crippen LogP contribution in [0, 0.1) is 5.92 Å². The van der Waals surface area contributed by atoms with Crippen molar-refractivity contribution < 1.29 is 5.11 Å². The van der Waals surface area contributed by atoms with Gasteiger partial charge in [-0.2, -0.15) is 0 Å². The lowest BCUT2D eigenvalue weighted by molar-refractivity contribution is 0.329. The molecule has 0 aromatic heterocycles. The van der Waals surface area contributed by atoms with Crippen LogP contribution in [0.3, 0.4) is 0 Å². The van der Waals surface area contributed by atoms with Gasteiger partial charge < -0.3 is 5.11 Å².